The number of hydrogen-bond acceptors (Lipinski definition) is 5. The molecule has 0 unspecified atom stereocenters. The molecule has 5 nitrogen and oxygen atoms in total. The Hall–Kier alpha value is 0.567. The standard InChI is InChI=1S/C11H24O5Si.Na/c1-5-9-10-11(12)16-17(13-6-2,14-7-3)15-8-4;/h5-10H2,1-4H3;. The molecule has 18 heavy (non-hydrogen) atoms. The third-order valence-electron chi connectivity index (χ3n) is 1.94. The molecule has 0 bridgehead atoms. The zero-order valence-corrected chi connectivity index (χ0v) is 15.3. The van der Waals surface area contributed by atoms with E-state index in [1.165, 1.54) is 0 Å². The van der Waals surface area contributed by atoms with Gasteiger partial charge < -0.3 is 17.7 Å². The van der Waals surface area contributed by atoms with E-state index in [0.717, 1.165) is 12.8 Å². The van der Waals surface area contributed by atoms with Gasteiger partial charge in [-0.3, -0.25) is 4.79 Å². The molecule has 1 radical (unpaired) electrons. The minimum absolute atomic E-state index is 0. The van der Waals surface area contributed by atoms with E-state index in [0.29, 0.717) is 26.2 Å². The molecule has 0 amide bonds. The molecule has 0 aliphatic rings. The van der Waals surface area contributed by atoms with Crippen LogP contribution >= 0.6 is 0 Å². The summed E-state index contributed by atoms with van der Waals surface area (Å²) in [5, 5.41) is 0. The van der Waals surface area contributed by atoms with Gasteiger partial charge in [-0.1, -0.05) is 13.3 Å². The zero-order valence-electron chi connectivity index (χ0n) is 12.3. The monoisotopic (exact) mass is 287 g/mol. The van der Waals surface area contributed by atoms with E-state index >= 15 is 0 Å². The van der Waals surface area contributed by atoms with Crippen molar-refractivity contribution < 1.29 is 22.5 Å². The van der Waals surface area contributed by atoms with Gasteiger partial charge in [0.2, 0.25) is 0 Å². The van der Waals surface area contributed by atoms with Crippen LogP contribution in [-0.2, 0) is 22.5 Å². The van der Waals surface area contributed by atoms with Crippen molar-refractivity contribution >= 4 is 44.6 Å². The summed E-state index contributed by atoms with van der Waals surface area (Å²) >= 11 is 0. The van der Waals surface area contributed by atoms with Crippen LogP contribution in [0.3, 0.4) is 0 Å². The van der Waals surface area contributed by atoms with E-state index in [-0.39, 0.29) is 35.5 Å². The molecule has 0 aliphatic heterocycles. The Kier molecular flexibility index (Phi) is 14.6. The molecule has 0 fully saturated rings. The molecule has 0 aromatic rings. The number of hydrogen-bond donors (Lipinski definition) is 0. The summed E-state index contributed by atoms with van der Waals surface area (Å²) in [5.74, 6) is -0.311. The first kappa shape index (κ1) is 20.9. The Balaban J connectivity index is 0. The van der Waals surface area contributed by atoms with Crippen LogP contribution in [0.4, 0.5) is 0 Å². The van der Waals surface area contributed by atoms with Gasteiger partial charge in [-0.2, -0.15) is 0 Å². The van der Waals surface area contributed by atoms with Crippen LogP contribution in [-0.4, -0.2) is 64.4 Å². The molecule has 103 valence electrons. The summed E-state index contributed by atoms with van der Waals surface area (Å²) in [4.78, 5) is 11.6. The first-order valence-corrected chi connectivity index (χ1v) is 7.91. The average Bonchev–Trinajstić information content (AvgIpc) is 2.27. The molecule has 0 aromatic carbocycles. The van der Waals surface area contributed by atoms with E-state index in [1.807, 2.05) is 27.7 Å². The zero-order chi connectivity index (χ0) is 13.1. The van der Waals surface area contributed by atoms with Gasteiger partial charge in [0.05, 0.1) is 0 Å². The quantitative estimate of drug-likeness (QED) is 0.574. The summed E-state index contributed by atoms with van der Waals surface area (Å²) < 4.78 is 21.5. The number of carbonyl (C=O) groups excluding carboxylic acids is 1. The maximum absolute atomic E-state index is 11.6. The first-order valence-electron chi connectivity index (χ1n) is 6.27. The number of carbonyl (C=O) groups is 1. The normalized spacial score (nSPS) is 10.9. The van der Waals surface area contributed by atoms with E-state index in [2.05, 4.69) is 0 Å². The molecule has 0 heterocycles. The Morgan fingerprint density at radius 2 is 1.39 bits per heavy atom. The Morgan fingerprint density at radius 3 is 1.72 bits per heavy atom. The fraction of sp³-hybridized carbons (Fsp3) is 0.909. The molecule has 7 heteroatoms. The summed E-state index contributed by atoms with van der Waals surface area (Å²) in [6.07, 6.45) is 2.12. The minimum Gasteiger partial charge on any atom is -0.452 e. The van der Waals surface area contributed by atoms with Crippen molar-refractivity contribution in [3.8, 4) is 0 Å². The predicted molar refractivity (Wildman–Crippen MR) is 72.0 cm³/mol. The fourth-order valence-electron chi connectivity index (χ4n) is 1.26. The van der Waals surface area contributed by atoms with Crippen LogP contribution in [0.1, 0.15) is 47.0 Å². The van der Waals surface area contributed by atoms with Crippen molar-refractivity contribution in [1.29, 1.82) is 0 Å². The second kappa shape index (κ2) is 12.6. The van der Waals surface area contributed by atoms with Crippen LogP contribution in [0.15, 0.2) is 0 Å². The van der Waals surface area contributed by atoms with E-state index < -0.39 is 9.05 Å². The van der Waals surface area contributed by atoms with Crippen LogP contribution < -0.4 is 0 Å². The van der Waals surface area contributed by atoms with Crippen LogP contribution in [0.25, 0.3) is 0 Å². The maximum atomic E-state index is 11.6. The Labute approximate surface area is 133 Å². The van der Waals surface area contributed by atoms with Gasteiger partial charge in [-0.15, -0.1) is 0 Å². The topological polar surface area (TPSA) is 54.0 Å². The Bertz CT molecular complexity index is 199. The molecule has 0 spiro atoms. The molecular formula is C11H24NaO5Si. The first-order chi connectivity index (χ1) is 8.14. The number of rotatable bonds is 10. The van der Waals surface area contributed by atoms with Crippen molar-refractivity contribution in [3.05, 3.63) is 0 Å². The molecule has 0 atom stereocenters. The van der Waals surface area contributed by atoms with Crippen molar-refractivity contribution in [2.24, 2.45) is 0 Å². The van der Waals surface area contributed by atoms with Crippen molar-refractivity contribution in [3.63, 3.8) is 0 Å². The Morgan fingerprint density at radius 1 is 0.944 bits per heavy atom. The maximum Gasteiger partial charge on any atom is 0.751 e. The van der Waals surface area contributed by atoms with Gasteiger partial charge in [-0.25, -0.2) is 0 Å². The second-order valence-corrected chi connectivity index (χ2v) is 5.45. The molecule has 0 rings (SSSR count). The van der Waals surface area contributed by atoms with Gasteiger partial charge in [-0.05, 0) is 27.2 Å². The molecule has 0 saturated heterocycles. The summed E-state index contributed by atoms with van der Waals surface area (Å²) in [6, 6.07) is 0. The molecule has 0 N–H and O–H groups in total. The van der Waals surface area contributed by atoms with Gasteiger partial charge in [0, 0.05) is 55.8 Å². The van der Waals surface area contributed by atoms with Gasteiger partial charge in [0.1, 0.15) is 0 Å². The van der Waals surface area contributed by atoms with Crippen LogP contribution in [0, 0.1) is 0 Å². The van der Waals surface area contributed by atoms with Crippen molar-refractivity contribution in [2.75, 3.05) is 19.8 Å². The van der Waals surface area contributed by atoms with Crippen LogP contribution in [0.2, 0.25) is 0 Å². The van der Waals surface area contributed by atoms with Gasteiger partial charge >= 0.3 is 9.05 Å². The van der Waals surface area contributed by atoms with Crippen LogP contribution in [0.5, 0.6) is 0 Å². The van der Waals surface area contributed by atoms with Gasteiger partial charge in [0.15, 0.2) is 0 Å². The smallest absolute Gasteiger partial charge is 0.452 e. The van der Waals surface area contributed by atoms with E-state index in [9.17, 15) is 4.79 Å². The fourth-order valence-corrected chi connectivity index (χ4v) is 3.12. The molecule has 0 aliphatic carbocycles. The number of unbranched alkanes of at least 4 members (excludes halogenated alkanes) is 1. The van der Waals surface area contributed by atoms with Crippen molar-refractivity contribution in [2.45, 2.75) is 47.0 Å². The average molecular weight is 287 g/mol. The van der Waals surface area contributed by atoms with Crippen molar-refractivity contribution in [1.82, 2.24) is 0 Å². The summed E-state index contributed by atoms with van der Waals surface area (Å²) in [6.45, 7) is 8.67. The third-order valence-corrected chi connectivity index (χ3v) is 4.34. The largest absolute Gasteiger partial charge is 0.751 e. The molecule has 0 saturated carbocycles. The van der Waals surface area contributed by atoms with E-state index in [4.69, 9.17) is 17.7 Å². The SMILES string of the molecule is CCCCC(=O)O[Si](OCC)(OCC)OCC.[Na]. The second-order valence-electron chi connectivity index (χ2n) is 3.38. The summed E-state index contributed by atoms with van der Waals surface area (Å²) in [5.41, 5.74) is 0. The molecule has 0 aromatic heterocycles. The summed E-state index contributed by atoms with van der Waals surface area (Å²) in [7, 11) is -3.26. The minimum atomic E-state index is -3.26. The predicted octanol–water partition coefficient (Wildman–Crippen LogP) is 1.88. The van der Waals surface area contributed by atoms with E-state index in [1.54, 1.807) is 0 Å². The van der Waals surface area contributed by atoms with Gasteiger partial charge in [0.25, 0.3) is 5.97 Å². The molecular weight excluding hydrogens is 263 g/mol. The third kappa shape index (κ3) is 8.63.